The first-order chi connectivity index (χ1) is 46.6. The van der Waals surface area contributed by atoms with Gasteiger partial charge in [0.25, 0.3) is 0 Å². The van der Waals surface area contributed by atoms with Crippen LogP contribution in [0.1, 0.15) is 62.4 Å². The average molecular weight is 1230 g/mol. The first-order valence-corrected chi connectivity index (χ1v) is 34.6. The van der Waals surface area contributed by atoms with Gasteiger partial charge in [0.15, 0.2) is 0 Å². The minimum absolute atomic E-state index is 0.632. The van der Waals surface area contributed by atoms with E-state index in [0.29, 0.717) is 11.8 Å². The number of allylic oxidation sites excluding steroid dienone is 19. The number of thiophene rings is 2. The summed E-state index contributed by atoms with van der Waals surface area (Å²) in [6, 6.07) is 78.0. The molecule has 1 saturated carbocycles. The third-order valence-corrected chi connectivity index (χ3v) is 22.3. The maximum atomic E-state index is 3.95. The van der Waals surface area contributed by atoms with Crippen LogP contribution in [-0.2, 0) is 12.8 Å². The van der Waals surface area contributed by atoms with Gasteiger partial charge in [-0.1, -0.05) is 261 Å². The molecule has 13 aromatic rings. The van der Waals surface area contributed by atoms with Crippen LogP contribution in [0.15, 0.2) is 303 Å². The Labute approximate surface area is 555 Å². The number of hydrogen-bond acceptors (Lipinski definition) is 2. The van der Waals surface area contributed by atoms with Gasteiger partial charge in [0.05, 0.1) is 0 Å². The van der Waals surface area contributed by atoms with Gasteiger partial charge in [-0.3, -0.25) is 0 Å². The molecule has 10 aromatic carbocycles. The molecule has 2 atom stereocenters. The molecule has 1 fully saturated rings. The molecule has 3 aromatic heterocycles. The summed E-state index contributed by atoms with van der Waals surface area (Å²) in [4.78, 5) is 5.32. The molecule has 0 aliphatic heterocycles. The summed E-state index contributed by atoms with van der Waals surface area (Å²) in [5.41, 5.74) is 29.4. The van der Waals surface area contributed by atoms with Crippen molar-refractivity contribution in [1.82, 2.24) is 4.98 Å². The molecule has 0 radical (unpaired) electrons. The molecule has 6 aliphatic rings. The number of aromatic amines is 1. The molecular weight excluding hydrogens is 1170 g/mol. The smallest absolute Gasteiger partial charge is 0.0468 e. The monoisotopic (exact) mass is 1230 g/mol. The zero-order valence-electron chi connectivity index (χ0n) is 51.8. The van der Waals surface area contributed by atoms with Crippen molar-refractivity contribution in [2.75, 3.05) is 0 Å². The Morgan fingerprint density at radius 1 is 0.447 bits per heavy atom. The van der Waals surface area contributed by atoms with Gasteiger partial charge >= 0.3 is 0 Å². The van der Waals surface area contributed by atoms with Crippen LogP contribution in [0.3, 0.4) is 0 Å². The summed E-state index contributed by atoms with van der Waals surface area (Å²) in [5.74, 6) is 1.32. The molecule has 3 heteroatoms. The number of hydrogen-bond donors (Lipinski definition) is 1. The van der Waals surface area contributed by atoms with Gasteiger partial charge in [-0.25, -0.2) is 0 Å². The fourth-order valence-electron chi connectivity index (χ4n) is 15.1. The molecule has 0 amide bonds. The molecule has 3 heterocycles. The highest BCUT2D eigenvalue weighted by Crippen LogP contribution is 2.53. The first kappa shape index (κ1) is 55.9. The second-order valence-electron chi connectivity index (χ2n) is 25.4. The third-order valence-electron chi connectivity index (χ3n) is 19.8. The molecule has 0 spiro atoms. The Hall–Kier alpha value is -10.9. The summed E-state index contributed by atoms with van der Waals surface area (Å²) >= 11 is 3.87. The van der Waals surface area contributed by atoms with E-state index < -0.39 is 0 Å². The van der Waals surface area contributed by atoms with E-state index >= 15 is 0 Å². The van der Waals surface area contributed by atoms with Crippen molar-refractivity contribution < 1.29 is 0 Å². The van der Waals surface area contributed by atoms with E-state index in [1.807, 2.05) is 34.8 Å². The van der Waals surface area contributed by atoms with Crippen molar-refractivity contribution in [3.8, 4) is 33.4 Å². The topological polar surface area (TPSA) is 15.8 Å². The van der Waals surface area contributed by atoms with Crippen LogP contribution in [0.4, 0.5) is 0 Å². The molecular formula is C91H63NS2. The summed E-state index contributed by atoms with van der Waals surface area (Å²) < 4.78 is 4.05. The summed E-state index contributed by atoms with van der Waals surface area (Å²) in [5, 5.41) is 10.3. The lowest BCUT2D eigenvalue weighted by atomic mass is 9.88. The number of fused-ring (bicyclic) bond motifs is 12. The van der Waals surface area contributed by atoms with Gasteiger partial charge in [-0.15, -0.1) is 28.4 Å². The number of nitrogens with one attached hydrogen (secondary N) is 1. The lowest BCUT2D eigenvalue weighted by Crippen LogP contribution is -2.28. The van der Waals surface area contributed by atoms with Crippen molar-refractivity contribution >= 4 is 120 Å². The van der Waals surface area contributed by atoms with Crippen molar-refractivity contribution in [2.45, 2.75) is 25.7 Å². The SMILES string of the molecule is C1=CC=C(c2ccc3sc4c(c3c2)CC=C(c2ccccc2)C=C4c2ccc3c4c([nH]c3c2)CC=C(c2cc(C3=CC=CC5CC35)cc3c2sc2ccc(-c5ccccc5)cc23)C=C4)CC=C1.C1=CC=CC=c2c(-c3ccccc3)c3ccccc3c(-c3ccccc3)c2=1. The van der Waals surface area contributed by atoms with E-state index in [4.69, 9.17) is 0 Å². The minimum Gasteiger partial charge on any atom is -0.358 e. The van der Waals surface area contributed by atoms with E-state index in [0.717, 1.165) is 24.5 Å². The molecule has 19 rings (SSSR count). The number of aromatic nitrogens is 1. The zero-order chi connectivity index (χ0) is 62.1. The lowest BCUT2D eigenvalue weighted by Gasteiger charge is -2.14. The number of rotatable bonds is 8. The van der Waals surface area contributed by atoms with Crippen molar-refractivity contribution in [1.29, 1.82) is 0 Å². The second-order valence-corrected chi connectivity index (χ2v) is 27.5. The Morgan fingerprint density at radius 3 is 1.94 bits per heavy atom. The second kappa shape index (κ2) is 23.7. The molecule has 0 saturated heterocycles. The van der Waals surface area contributed by atoms with Crippen molar-refractivity contribution in [3.05, 3.63) is 363 Å². The van der Waals surface area contributed by atoms with Gasteiger partial charge in [0.1, 0.15) is 0 Å². The molecule has 1 N–H and O–H groups in total. The first-order valence-electron chi connectivity index (χ1n) is 32.9. The molecule has 6 aliphatic carbocycles. The molecule has 1 nitrogen and oxygen atoms in total. The van der Waals surface area contributed by atoms with Gasteiger partial charge in [0.2, 0.25) is 0 Å². The van der Waals surface area contributed by atoms with E-state index in [1.165, 1.54) is 174 Å². The van der Waals surface area contributed by atoms with Gasteiger partial charge < -0.3 is 4.98 Å². The lowest BCUT2D eigenvalue weighted by molar-refractivity contribution is 0.999. The zero-order valence-corrected chi connectivity index (χ0v) is 53.5. The van der Waals surface area contributed by atoms with Crippen LogP contribution in [0.2, 0.25) is 0 Å². The molecule has 2 unspecified atom stereocenters. The Bertz CT molecular complexity index is 5800. The summed E-state index contributed by atoms with van der Waals surface area (Å²) in [7, 11) is 0. The molecule has 0 bridgehead atoms. The predicted molar refractivity (Wildman–Crippen MR) is 406 cm³/mol. The van der Waals surface area contributed by atoms with Crippen LogP contribution < -0.4 is 10.4 Å². The van der Waals surface area contributed by atoms with E-state index in [9.17, 15) is 0 Å². The van der Waals surface area contributed by atoms with Crippen LogP contribution in [-0.4, -0.2) is 4.98 Å². The fourth-order valence-corrected chi connectivity index (χ4v) is 17.5. The average Bonchev–Trinajstić information content (AvgIpc) is 1.21. The van der Waals surface area contributed by atoms with Crippen molar-refractivity contribution in [2.24, 2.45) is 11.8 Å². The highest BCUT2D eigenvalue weighted by Gasteiger charge is 2.40. The van der Waals surface area contributed by atoms with Crippen LogP contribution in [0, 0.1) is 11.8 Å². The van der Waals surface area contributed by atoms with Crippen LogP contribution in [0.5, 0.6) is 0 Å². The summed E-state index contributed by atoms with van der Waals surface area (Å²) in [6.07, 6.45) is 42.4. The largest absolute Gasteiger partial charge is 0.358 e. The maximum absolute atomic E-state index is 3.95. The summed E-state index contributed by atoms with van der Waals surface area (Å²) in [6.45, 7) is 0. The van der Waals surface area contributed by atoms with Crippen molar-refractivity contribution in [3.63, 3.8) is 0 Å². The van der Waals surface area contributed by atoms with E-state index in [2.05, 4.69) is 314 Å². The standard InChI is InChI=1S/C64H45NS2.C27H18/c1-2-6-13-40(12-5-1)44-24-30-61-56(33-44)52-28-21-43(39-14-7-3-8-15-39)32-55(63(52)66-61)47-22-27-51-50-26-20-42(23-29-59(50)65-60(51)38-47)54-36-48(49-19-11-18-46-35-53(46)49)37-58-57-34-45(41-16-9-4-10-17-41)25-31-62(57)67-64(54)58;1-4-12-20(13-5-1)26-22-16-8-3-9-17-23(22)27(21-14-6-2-7-15-21)25-19-11-10-18-24(25)26/h1-12,14-27,30-34,36-38,46,53,65H,13,28-29,35H2;1-16,18-19H. The molecule has 94 heavy (non-hydrogen) atoms. The van der Waals surface area contributed by atoms with E-state index in [-0.39, 0.29) is 0 Å². The highest BCUT2D eigenvalue weighted by molar-refractivity contribution is 7.26. The van der Waals surface area contributed by atoms with Gasteiger partial charge in [-0.05, 0) is 196 Å². The minimum atomic E-state index is 0.632. The Kier molecular flexibility index (Phi) is 14.1. The maximum Gasteiger partial charge on any atom is 0.0468 e. The quantitative estimate of drug-likeness (QED) is 0.156. The Morgan fingerprint density at radius 2 is 1.13 bits per heavy atom. The predicted octanol–water partition coefficient (Wildman–Crippen LogP) is 23.1. The normalized spacial score (nSPS) is 16.6. The Balaban J connectivity index is 0.000000200. The van der Waals surface area contributed by atoms with Crippen LogP contribution >= 0.6 is 22.7 Å². The number of benzene rings is 10. The highest BCUT2D eigenvalue weighted by atomic mass is 32.1. The van der Waals surface area contributed by atoms with Gasteiger partial charge in [-0.2, -0.15) is 0 Å². The molecule has 444 valence electrons. The van der Waals surface area contributed by atoms with Gasteiger partial charge in [0, 0.05) is 69.1 Å². The third kappa shape index (κ3) is 10.1. The number of H-pyrrole nitrogens is 1. The van der Waals surface area contributed by atoms with E-state index in [1.54, 1.807) is 0 Å². The van der Waals surface area contributed by atoms with Crippen LogP contribution in [0.25, 0.3) is 131 Å². The fraction of sp³-hybridized carbons (Fsp3) is 0.0659.